The molecule has 0 bridgehead atoms. The van der Waals surface area contributed by atoms with Crippen molar-refractivity contribution in [3.05, 3.63) is 304 Å². The standard InChI is InChI=1S/C9H12.C8H10N2.C8H11N.C7H10N.3C7H8.2C5H7N.C4H6N2.C4H5NO/c1-3-9-6-4-8(2)5-7-9;1-6-2-4-7(5-3-6)8(9)10;1-7-3-2-4-8(5-7)6-9;1-7-3-5-8(2)6-4-7;3*1-7-5-3-2-4-6-7;1-5-2-3-6-4-5;1-5-3-2-4-6-5;1-4-2-5-3-6-4;1-4-2-6-3-5-4/h4-7H,3H2,1-2H3;2-5H,1H3,(H3,9,10);2-5H,6,9H2,1H3;3-6H,1-2H3;3*2-6H,1H3;2,4H,3H2,1H3;3-4H,2H2,1H3;2-3H,1H3,(H,5,6);2-3H,1H3/q;;;+1;;;;;;;. The molecule has 81 heavy (non-hydrogen) atoms. The molecule has 6 N–H and O–H groups in total. The smallest absolute Gasteiger partial charge is 0.180 e. The number of pyridine rings is 1. The van der Waals surface area contributed by atoms with E-state index in [1.807, 2.05) is 155 Å². The number of H-pyrrole nitrogens is 1. The number of aryl methyl sites for hydroxylation is 11. The lowest BCUT2D eigenvalue weighted by molar-refractivity contribution is -0.671. The number of allylic oxidation sites excluding steroid dienone is 3. The summed E-state index contributed by atoms with van der Waals surface area (Å²) in [6, 6.07) is 59.4. The molecule has 6 aromatic carbocycles. The van der Waals surface area contributed by atoms with E-state index in [-0.39, 0.29) is 5.84 Å². The number of amidine groups is 1. The average molecular weight is 1090 g/mol. The van der Waals surface area contributed by atoms with Crippen molar-refractivity contribution >= 4 is 18.3 Å². The molecule has 10 nitrogen and oxygen atoms in total. The normalized spacial score (nSPS) is 10.5. The predicted octanol–water partition coefficient (Wildman–Crippen LogP) is 16.2. The van der Waals surface area contributed by atoms with Gasteiger partial charge in [-0.2, -0.15) is 0 Å². The zero-order chi connectivity index (χ0) is 59.9. The molecule has 0 atom stereocenters. The van der Waals surface area contributed by atoms with Crippen LogP contribution in [-0.4, -0.2) is 39.8 Å². The quantitative estimate of drug-likeness (QED) is 0.0786. The third-order valence-corrected chi connectivity index (χ3v) is 11.0. The molecular formula is C71H92N9O+. The van der Waals surface area contributed by atoms with Gasteiger partial charge < -0.3 is 20.9 Å². The molecule has 0 saturated carbocycles. The summed E-state index contributed by atoms with van der Waals surface area (Å²) in [5, 5.41) is 7.08. The van der Waals surface area contributed by atoms with E-state index in [1.54, 1.807) is 18.8 Å². The molecule has 3 aromatic heterocycles. The van der Waals surface area contributed by atoms with Crippen molar-refractivity contribution in [1.29, 1.82) is 5.41 Å². The van der Waals surface area contributed by atoms with Crippen LogP contribution < -0.4 is 16.0 Å². The van der Waals surface area contributed by atoms with Crippen LogP contribution in [0.2, 0.25) is 0 Å². The van der Waals surface area contributed by atoms with Gasteiger partial charge >= 0.3 is 0 Å². The van der Waals surface area contributed by atoms with E-state index in [0.717, 1.165) is 42.0 Å². The van der Waals surface area contributed by atoms with Crippen molar-refractivity contribution in [3.63, 3.8) is 0 Å². The first-order valence-corrected chi connectivity index (χ1v) is 27.2. The maximum atomic E-state index is 7.08. The summed E-state index contributed by atoms with van der Waals surface area (Å²) in [7, 11) is 2.01. The summed E-state index contributed by atoms with van der Waals surface area (Å²) in [6.07, 6.45) is 20.7. The molecule has 0 radical (unpaired) electrons. The molecular weight excluding hydrogens is 995 g/mol. The Hall–Kier alpha value is -8.86. The van der Waals surface area contributed by atoms with Gasteiger partial charge in [-0.15, -0.1) is 0 Å². The van der Waals surface area contributed by atoms with E-state index in [1.165, 1.54) is 62.0 Å². The van der Waals surface area contributed by atoms with Gasteiger partial charge in [0.15, 0.2) is 18.8 Å². The number of aliphatic imine (C=N–C) groups is 2. The summed E-state index contributed by atoms with van der Waals surface area (Å²) in [5.74, 6) is 0.125. The minimum atomic E-state index is 0.125. The Kier molecular flexibility index (Phi) is 39.0. The number of benzene rings is 6. The fraction of sp³-hybridized carbons (Fsp3) is 0.239. The van der Waals surface area contributed by atoms with Gasteiger partial charge in [-0.1, -0.05) is 216 Å². The molecule has 2 aliphatic rings. The molecule has 0 aliphatic carbocycles. The van der Waals surface area contributed by atoms with Gasteiger partial charge in [0.1, 0.15) is 19.1 Å². The van der Waals surface area contributed by atoms with E-state index >= 15 is 0 Å². The van der Waals surface area contributed by atoms with Crippen LogP contribution in [0.5, 0.6) is 0 Å². The highest BCUT2D eigenvalue weighted by atomic mass is 16.3. The highest BCUT2D eigenvalue weighted by Crippen LogP contribution is 2.04. The van der Waals surface area contributed by atoms with Crippen LogP contribution in [0.15, 0.2) is 251 Å². The highest BCUT2D eigenvalue weighted by Gasteiger charge is 1.93. The van der Waals surface area contributed by atoms with Crippen LogP contribution in [0, 0.1) is 67.7 Å². The topological polar surface area (TPSA) is 159 Å². The van der Waals surface area contributed by atoms with Gasteiger partial charge in [0.25, 0.3) is 0 Å². The van der Waals surface area contributed by atoms with Crippen molar-refractivity contribution < 1.29 is 8.98 Å². The second kappa shape index (κ2) is 45.1. The molecule has 0 saturated heterocycles. The Labute approximate surface area is 486 Å². The molecule has 0 spiro atoms. The van der Waals surface area contributed by atoms with E-state index in [4.69, 9.17) is 16.9 Å². The number of aromatic nitrogens is 4. The lowest BCUT2D eigenvalue weighted by atomic mass is 10.1. The average Bonchev–Trinajstić information content (AvgIpc) is 4.35. The number of nitrogens with one attached hydrogen (secondary N) is 2. The molecule has 9 aromatic rings. The Morgan fingerprint density at radius 2 is 1.09 bits per heavy atom. The number of aromatic amines is 1. The van der Waals surface area contributed by atoms with Gasteiger partial charge in [-0.25, -0.2) is 14.5 Å². The third-order valence-electron chi connectivity index (χ3n) is 11.0. The van der Waals surface area contributed by atoms with Gasteiger partial charge in [0, 0.05) is 60.7 Å². The van der Waals surface area contributed by atoms with Crippen LogP contribution in [0.25, 0.3) is 0 Å². The monoisotopic (exact) mass is 1090 g/mol. The zero-order valence-corrected chi connectivity index (χ0v) is 50.6. The molecule has 5 heterocycles. The molecule has 0 amide bonds. The second-order valence-electron chi connectivity index (χ2n) is 19.0. The van der Waals surface area contributed by atoms with Crippen LogP contribution in [0.4, 0.5) is 0 Å². The number of hydrogen-bond acceptors (Lipinski definition) is 7. The third kappa shape index (κ3) is 40.9. The summed E-state index contributed by atoms with van der Waals surface area (Å²) in [6.45, 7) is 26.1. The Morgan fingerprint density at radius 3 is 1.33 bits per heavy atom. The first kappa shape index (κ1) is 70.2. The number of nitrogens with two attached hydrogens (primary N) is 2. The number of hydrogen-bond donors (Lipinski definition) is 4. The van der Waals surface area contributed by atoms with E-state index in [9.17, 15) is 0 Å². The minimum absolute atomic E-state index is 0.125. The van der Waals surface area contributed by atoms with Crippen LogP contribution in [-0.2, 0) is 20.0 Å². The summed E-state index contributed by atoms with van der Waals surface area (Å²) in [5.41, 5.74) is 27.6. The van der Waals surface area contributed by atoms with Gasteiger partial charge in [0.05, 0.1) is 18.6 Å². The zero-order valence-electron chi connectivity index (χ0n) is 50.6. The fourth-order valence-electron chi connectivity index (χ4n) is 6.09. The van der Waals surface area contributed by atoms with Crippen molar-refractivity contribution in [2.75, 3.05) is 6.54 Å². The van der Waals surface area contributed by atoms with E-state index < -0.39 is 0 Å². The molecule has 11 rings (SSSR count). The van der Waals surface area contributed by atoms with Crippen LogP contribution in [0.1, 0.15) is 94.2 Å². The van der Waals surface area contributed by atoms with Crippen molar-refractivity contribution in [2.24, 2.45) is 28.5 Å². The van der Waals surface area contributed by atoms with Gasteiger partial charge in [-0.3, -0.25) is 15.4 Å². The van der Waals surface area contributed by atoms with Gasteiger partial charge in [-0.05, 0) is 105 Å². The maximum absolute atomic E-state index is 7.08. The number of nitrogen functional groups attached to an aromatic ring is 1. The first-order valence-electron chi connectivity index (χ1n) is 27.2. The number of imidazole rings is 1. The van der Waals surface area contributed by atoms with E-state index in [2.05, 4.69) is 182 Å². The number of rotatable bonds is 3. The second-order valence-corrected chi connectivity index (χ2v) is 19.0. The summed E-state index contributed by atoms with van der Waals surface area (Å²) in [4.78, 5) is 18.3. The van der Waals surface area contributed by atoms with Crippen molar-refractivity contribution in [3.8, 4) is 0 Å². The highest BCUT2D eigenvalue weighted by molar-refractivity contribution is 5.94. The van der Waals surface area contributed by atoms with Crippen molar-refractivity contribution in [2.45, 2.75) is 102 Å². The van der Waals surface area contributed by atoms with Crippen LogP contribution in [0.3, 0.4) is 0 Å². The Morgan fingerprint density at radius 1 is 0.593 bits per heavy atom. The Balaban J connectivity index is 0.000000447. The lowest BCUT2D eigenvalue weighted by Crippen LogP contribution is -2.25. The summed E-state index contributed by atoms with van der Waals surface area (Å²) < 4.78 is 6.62. The summed E-state index contributed by atoms with van der Waals surface area (Å²) >= 11 is 0. The van der Waals surface area contributed by atoms with Crippen molar-refractivity contribution in [1.82, 2.24) is 15.0 Å². The molecule has 0 fully saturated rings. The maximum Gasteiger partial charge on any atom is 0.180 e. The van der Waals surface area contributed by atoms with Gasteiger partial charge in [0.2, 0.25) is 0 Å². The molecule has 426 valence electrons. The van der Waals surface area contributed by atoms with E-state index in [0.29, 0.717) is 6.54 Å². The SMILES string of the molecule is CC1=CCC=N1.CC1=CCN=C1.CCc1ccc(C)cc1.Cc1cc[n+](C)cc1.Cc1ccc(C(=N)N)cc1.Cc1cccc(CN)c1.Cc1ccccc1.Cc1ccccc1.Cc1ccccc1.Cc1cnc[nH]1.Cc1cocn1. The lowest BCUT2D eigenvalue weighted by Gasteiger charge is -1.96. The Bertz CT molecular complexity index is 2860. The first-order chi connectivity index (χ1) is 38.9. The fourth-order valence-corrected chi connectivity index (χ4v) is 6.09. The minimum Gasteiger partial charge on any atom is -0.452 e. The largest absolute Gasteiger partial charge is 0.452 e. The molecule has 0 unspecified atom stereocenters. The number of nitrogens with zero attached hydrogens (tertiary/aromatic N) is 5. The molecule has 10 heteroatoms. The number of oxazole rings is 1. The predicted molar refractivity (Wildman–Crippen MR) is 346 cm³/mol. The van der Waals surface area contributed by atoms with Crippen LogP contribution >= 0.6 is 0 Å². The molecule has 2 aliphatic heterocycles.